The van der Waals surface area contributed by atoms with Gasteiger partial charge in [0.15, 0.2) is 0 Å². The second kappa shape index (κ2) is 8.87. The molecule has 26 heavy (non-hydrogen) atoms. The van der Waals surface area contributed by atoms with Crippen LogP contribution in [0.15, 0.2) is 24.3 Å². The third-order valence-corrected chi connectivity index (χ3v) is 5.75. The van der Waals surface area contributed by atoms with Crippen molar-refractivity contribution < 1.29 is 9.53 Å². The number of likely N-dealkylation sites (N-methyl/N-ethyl adjacent to an activating group) is 1. The molecule has 3 saturated heterocycles. The molecule has 4 rings (SSSR count). The van der Waals surface area contributed by atoms with Gasteiger partial charge in [-0.05, 0) is 36.8 Å². The molecule has 0 unspecified atom stereocenters. The molecule has 144 valence electrons. The Morgan fingerprint density at radius 2 is 2.00 bits per heavy atom. The van der Waals surface area contributed by atoms with Crippen LogP contribution in [0.3, 0.4) is 0 Å². The standard InChI is InChI=1S/C21H33N3O2/c1-4-18-7-5-6-8-20(18)26-12-11-24-14-17-9-10-19(24)15-23(13-17)16-21(25)22(2)3/h5-8,17,19H,4,9-16H2,1-3H3/t17-,19+/m0/s1. The van der Waals surface area contributed by atoms with E-state index in [1.807, 2.05) is 20.2 Å². The summed E-state index contributed by atoms with van der Waals surface area (Å²) in [5, 5.41) is 0. The van der Waals surface area contributed by atoms with Gasteiger partial charge in [-0.2, -0.15) is 0 Å². The average Bonchev–Trinajstić information content (AvgIpc) is 2.92. The first-order chi connectivity index (χ1) is 12.6. The quantitative estimate of drug-likeness (QED) is 0.747. The van der Waals surface area contributed by atoms with Gasteiger partial charge in [0.05, 0.1) is 6.54 Å². The van der Waals surface area contributed by atoms with Crippen LogP contribution in [-0.4, -0.2) is 80.1 Å². The fourth-order valence-electron chi connectivity index (χ4n) is 4.22. The molecule has 1 aromatic rings. The molecule has 3 aliphatic heterocycles. The van der Waals surface area contributed by atoms with E-state index in [0.717, 1.165) is 45.0 Å². The molecular formula is C21H33N3O2. The van der Waals surface area contributed by atoms with Crippen LogP contribution >= 0.6 is 0 Å². The lowest BCUT2D eigenvalue weighted by molar-refractivity contribution is -0.130. The van der Waals surface area contributed by atoms with Gasteiger partial charge in [-0.3, -0.25) is 14.6 Å². The molecule has 5 heteroatoms. The number of nitrogens with zero attached hydrogens (tertiary/aromatic N) is 3. The van der Waals surface area contributed by atoms with Crippen LogP contribution in [0.5, 0.6) is 5.75 Å². The zero-order chi connectivity index (χ0) is 18.5. The lowest BCUT2D eigenvalue weighted by atomic mass is 9.95. The third kappa shape index (κ3) is 4.77. The molecule has 0 aromatic heterocycles. The van der Waals surface area contributed by atoms with Gasteiger partial charge in [0.2, 0.25) is 5.91 Å². The molecule has 0 N–H and O–H groups in total. The van der Waals surface area contributed by atoms with Gasteiger partial charge in [-0.1, -0.05) is 25.1 Å². The third-order valence-electron chi connectivity index (χ3n) is 5.75. The molecule has 3 fully saturated rings. The lowest BCUT2D eigenvalue weighted by Gasteiger charge is -2.36. The van der Waals surface area contributed by atoms with Crippen LogP contribution in [0, 0.1) is 5.92 Å². The summed E-state index contributed by atoms with van der Waals surface area (Å²) in [6.45, 7) is 7.60. The van der Waals surface area contributed by atoms with E-state index in [9.17, 15) is 4.79 Å². The maximum atomic E-state index is 12.1. The van der Waals surface area contributed by atoms with Gasteiger partial charge in [0.1, 0.15) is 12.4 Å². The molecular weight excluding hydrogens is 326 g/mol. The van der Waals surface area contributed by atoms with E-state index in [4.69, 9.17) is 4.74 Å². The summed E-state index contributed by atoms with van der Waals surface area (Å²) >= 11 is 0. The summed E-state index contributed by atoms with van der Waals surface area (Å²) < 4.78 is 6.09. The number of amides is 1. The minimum absolute atomic E-state index is 0.206. The number of piperidine rings is 1. The van der Waals surface area contributed by atoms with Gasteiger partial charge in [-0.15, -0.1) is 0 Å². The van der Waals surface area contributed by atoms with Crippen LogP contribution in [-0.2, 0) is 11.2 Å². The SMILES string of the molecule is CCc1ccccc1OCCN1C[C@H]2CC[C@@H]1CN(CC(=O)N(C)C)C2. The highest BCUT2D eigenvalue weighted by atomic mass is 16.5. The molecule has 0 aliphatic carbocycles. The van der Waals surface area contributed by atoms with Crippen molar-refractivity contribution in [3.05, 3.63) is 29.8 Å². The van der Waals surface area contributed by atoms with Crippen molar-refractivity contribution in [2.75, 3.05) is 53.4 Å². The first kappa shape index (κ1) is 19.2. The summed E-state index contributed by atoms with van der Waals surface area (Å²) in [6.07, 6.45) is 3.52. The van der Waals surface area contributed by atoms with Crippen LogP contribution < -0.4 is 4.74 Å². The van der Waals surface area contributed by atoms with Crippen molar-refractivity contribution in [2.45, 2.75) is 32.2 Å². The zero-order valence-corrected chi connectivity index (χ0v) is 16.5. The van der Waals surface area contributed by atoms with Gasteiger partial charge in [-0.25, -0.2) is 0 Å². The van der Waals surface area contributed by atoms with Gasteiger partial charge >= 0.3 is 0 Å². The Bertz CT molecular complexity index is 605. The lowest BCUT2D eigenvalue weighted by Crippen LogP contribution is -2.46. The molecule has 1 amide bonds. The van der Waals surface area contributed by atoms with Gasteiger partial charge in [0, 0.05) is 46.3 Å². The van der Waals surface area contributed by atoms with Crippen molar-refractivity contribution in [2.24, 2.45) is 5.92 Å². The number of ether oxygens (including phenoxy) is 1. The predicted octanol–water partition coefficient (Wildman–Crippen LogP) is 2.11. The van der Waals surface area contributed by atoms with Crippen molar-refractivity contribution in [1.82, 2.24) is 14.7 Å². The van der Waals surface area contributed by atoms with Crippen LogP contribution in [0.25, 0.3) is 0 Å². The minimum Gasteiger partial charge on any atom is -0.492 e. The molecule has 2 atom stereocenters. The molecule has 3 aliphatic rings. The maximum absolute atomic E-state index is 12.1. The average molecular weight is 360 g/mol. The summed E-state index contributed by atoms with van der Waals surface area (Å²) in [5.74, 6) is 1.90. The number of rotatable bonds is 7. The predicted molar refractivity (Wildman–Crippen MR) is 105 cm³/mol. The fraction of sp³-hybridized carbons (Fsp3) is 0.667. The fourth-order valence-corrected chi connectivity index (χ4v) is 4.22. The van der Waals surface area contributed by atoms with Gasteiger partial charge in [0.25, 0.3) is 0 Å². The minimum atomic E-state index is 0.206. The number of carbonyl (C=O) groups excluding carboxylic acids is 1. The molecule has 3 heterocycles. The highest BCUT2D eigenvalue weighted by molar-refractivity contribution is 5.77. The molecule has 0 saturated carbocycles. The summed E-state index contributed by atoms with van der Waals surface area (Å²) in [6, 6.07) is 8.88. The van der Waals surface area contributed by atoms with Crippen LogP contribution in [0.1, 0.15) is 25.3 Å². The first-order valence-corrected chi connectivity index (χ1v) is 9.94. The Kier molecular flexibility index (Phi) is 6.54. The Labute approximate surface area is 157 Å². The molecule has 1 aromatic carbocycles. The van der Waals surface area contributed by atoms with Crippen LogP contribution in [0.2, 0.25) is 0 Å². The highest BCUT2D eigenvalue weighted by Gasteiger charge is 2.35. The topological polar surface area (TPSA) is 36.0 Å². The Balaban J connectivity index is 1.53. The Morgan fingerprint density at radius 1 is 1.19 bits per heavy atom. The normalized spacial score (nSPS) is 23.7. The van der Waals surface area contributed by atoms with E-state index < -0.39 is 0 Å². The molecule has 0 spiro atoms. The Morgan fingerprint density at radius 3 is 2.77 bits per heavy atom. The van der Waals surface area contributed by atoms with E-state index in [2.05, 4.69) is 34.9 Å². The summed E-state index contributed by atoms with van der Waals surface area (Å²) in [7, 11) is 3.68. The second-order valence-corrected chi connectivity index (χ2v) is 7.88. The second-order valence-electron chi connectivity index (χ2n) is 7.88. The highest BCUT2D eigenvalue weighted by Crippen LogP contribution is 2.28. The Hall–Kier alpha value is -1.59. The van der Waals surface area contributed by atoms with E-state index in [0.29, 0.717) is 18.5 Å². The van der Waals surface area contributed by atoms with Crippen molar-refractivity contribution in [1.29, 1.82) is 0 Å². The van der Waals surface area contributed by atoms with Crippen LogP contribution in [0.4, 0.5) is 0 Å². The largest absolute Gasteiger partial charge is 0.492 e. The van der Waals surface area contributed by atoms with E-state index in [-0.39, 0.29) is 5.91 Å². The molecule has 5 nitrogen and oxygen atoms in total. The maximum Gasteiger partial charge on any atom is 0.236 e. The number of aryl methyl sites for hydroxylation is 1. The number of fused-ring (bicyclic) bond motifs is 4. The van der Waals surface area contributed by atoms with Gasteiger partial charge < -0.3 is 9.64 Å². The van der Waals surface area contributed by atoms with Crippen molar-refractivity contribution in [3.8, 4) is 5.75 Å². The van der Waals surface area contributed by atoms with E-state index >= 15 is 0 Å². The zero-order valence-electron chi connectivity index (χ0n) is 16.5. The number of hydrogen-bond donors (Lipinski definition) is 0. The van der Waals surface area contributed by atoms with Crippen molar-refractivity contribution in [3.63, 3.8) is 0 Å². The number of benzene rings is 1. The van der Waals surface area contributed by atoms with E-state index in [1.54, 1.807) is 4.90 Å². The first-order valence-electron chi connectivity index (χ1n) is 9.94. The van der Waals surface area contributed by atoms with Crippen molar-refractivity contribution >= 4 is 5.91 Å². The summed E-state index contributed by atoms with van der Waals surface area (Å²) in [4.78, 5) is 18.7. The molecule has 2 bridgehead atoms. The smallest absolute Gasteiger partial charge is 0.236 e. The number of para-hydroxylation sites is 1. The number of hydrogen-bond acceptors (Lipinski definition) is 4. The van der Waals surface area contributed by atoms with E-state index in [1.165, 1.54) is 18.4 Å². The number of carbonyl (C=O) groups is 1. The summed E-state index contributed by atoms with van der Waals surface area (Å²) in [5.41, 5.74) is 1.28. The monoisotopic (exact) mass is 359 g/mol. The molecule has 0 radical (unpaired) electrons.